The fourth-order valence-electron chi connectivity index (χ4n) is 2.50. The van der Waals surface area contributed by atoms with Crippen molar-refractivity contribution in [2.24, 2.45) is 5.10 Å². The molecular weight excluding hydrogens is 341 g/mol. The van der Waals surface area contributed by atoms with Crippen LogP contribution in [0.3, 0.4) is 0 Å². The van der Waals surface area contributed by atoms with Gasteiger partial charge in [0, 0.05) is 26.9 Å². The molecule has 4 nitrogen and oxygen atoms in total. The molecule has 110 valence electrons. The van der Waals surface area contributed by atoms with Gasteiger partial charge in [0.05, 0.1) is 0 Å². The van der Waals surface area contributed by atoms with Crippen molar-refractivity contribution in [3.05, 3.63) is 63.6 Å². The van der Waals surface area contributed by atoms with Crippen LogP contribution in [0.15, 0.2) is 47.6 Å². The molecule has 0 aliphatic carbocycles. The van der Waals surface area contributed by atoms with Crippen LogP contribution in [-0.4, -0.2) is 11.0 Å². The number of thioether (sulfide) groups is 1. The normalized spacial score (nSPS) is 22.3. The summed E-state index contributed by atoms with van der Waals surface area (Å²) in [6, 6.07) is 12.7. The van der Waals surface area contributed by atoms with Crippen LogP contribution in [0.2, 0.25) is 10.0 Å². The van der Waals surface area contributed by atoms with Gasteiger partial charge in [-0.3, -0.25) is 10.2 Å². The lowest BCUT2D eigenvalue weighted by atomic mass is 10.1. The van der Waals surface area contributed by atoms with E-state index in [1.165, 1.54) is 11.8 Å². The molecule has 1 unspecified atom stereocenters. The monoisotopic (exact) mass is 349 g/mol. The molecule has 0 saturated carbocycles. The van der Waals surface area contributed by atoms with E-state index in [0.29, 0.717) is 10.0 Å². The minimum Gasteiger partial charge on any atom is -0.323 e. The number of carbonyl (C=O) groups excluding carboxylic acids is 1. The first-order chi connectivity index (χ1) is 10.6. The Morgan fingerprint density at radius 2 is 1.77 bits per heavy atom. The molecular formula is C15H9Cl2N3OS. The van der Waals surface area contributed by atoms with Crippen LogP contribution in [-0.2, 0) is 9.67 Å². The van der Waals surface area contributed by atoms with E-state index in [1.807, 2.05) is 12.1 Å². The third kappa shape index (κ3) is 2.00. The van der Waals surface area contributed by atoms with Gasteiger partial charge in [-0.15, -0.1) is 0 Å². The SMILES string of the molecule is O=C1Nc2ccc(Cl)cc2C12NN=C(c1ccc(Cl)cc1)S2. The highest BCUT2D eigenvalue weighted by Crippen LogP contribution is 2.48. The summed E-state index contributed by atoms with van der Waals surface area (Å²) in [7, 11) is 0. The van der Waals surface area contributed by atoms with E-state index in [4.69, 9.17) is 23.2 Å². The van der Waals surface area contributed by atoms with Gasteiger partial charge in [0.15, 0.2) is 0 Å². The molecule has 2 aromatic carbocycles. The van der Waals surface area contributed by atoms with E-state index >= 15 is 0 Å². The Kier molecular flexibility index (Phi) is 3.11. The molecule has 4 rings (SSSR count). The minimum absolute atomic E-state index is 0.150. The Bertz CT molecular complexity index is 822. The number of nitrogens with zero attached hydrogens (tertiary/aromatic N) is 1. The molecule has 1 spiro atoms. The minimum atomic E-state index is -0.963. The highest BCUT2D eigenvalue weighted by atomic mass is 35.5. The molecule has 0 saturated heterocycles. The third-order valence-electron chi connectivity index (χ3n) is 3.58. The Hall–Kier alpha value is -1.69. The molecule has 2 aromatic rings. The first-order valence-corrected chi connectivity index (χ1v) is 8.07. The zero-order valence-corrected chi connectivity index (χ0v) is 13.4. The van der Waals surface area contributed by atoms with E-state index in [1.54, 1.807) is 30.3 Å². The number of hydrogen-bond acceptors (Lipinski definition) is 4. The van der Waals surface area contributed by atoms with E-state index in [9.17, 15) is 4.79 Å². The fraction of sp³-hybridized carbons (Fsp3) is 0.0667. The molecule has 0 bridgehead atoms. The predicted molar refractivity (Wildman–Crippen MR) is 90.5 cm³/mol. The topological polar surface area (TPSA) is 53.5 Å². The van der Waals surface area contributed by atoms with Crippen LogP contribution in [0.1, 0.15) is 11.1 Å². The number of fused-ring (bicyclic) bond motifs is 2. The number of hydrazone groups is 1. The Morgan fingerprint density at radius 3 is 2.55 bits per heavy atom. The standard InChI is InChI=1S/C15H9Cl2N3OS/c16-9-3-1-8(2-4-9)13-19-20-15(22-13)11-7-10(17)5-6-12(11)18-14(15)21/h1-7,20H,(H,18,21). The molecule has 0 radical (unpaired) electrons. The van der Waals surface area contributed by atoms with Crippen molar-refractivity contribution in [3.63, 3.8) is 0 Å². The summed E-state index contributed by atoms with van der Waals surface area (Å²) in [5.41, 5.74) is 5.43. The number of nitrogens with one attached hydrogen (secondary N) is 2. The van der Waals surface area contributed by atoms with Gasteiger partial charge in [0.2, 0.25) is 4.87 Å². The molecule has 1 amide bonds. The van der Waals surface area contributed by atoms with Gasteiger partial charge in [0.25, 0.3) is 5.91 Å². The van der Waals surface area contributed by atoms with Crippen molar-refractivity contribution in [2.75, 3.05) is 5.32 Å². The van der Waals surface area contributed by atoms with Crippen LogP contribution in [0.4, 0.5) is 5.69 Å². The van der Waals surface area contributed by atoms with E-state index in [0.717, 1.165) is 21.9 Å². The average molecular weight is 350 g/mol. The number of amides is 1. The van der Waals surface area contributed by atoms with Gasteiger partial charge >= 0.3 is 0 Å². The fourth-order valence-corrected chi connectivity index (χ4v) is 3.95. The van der Waals surface area contributed by atoms with Gasteiger partial charge in [-0.25, -0.2) is 0 Å². The van der Waals surface area contributed by atoms with Crippen LogP contribution in [0.5, 0.6) is 0 Å². The summed E-state index contributed by atoms with van der Waals surface area (Å²) in [6.07, 6.45) is 0. The predicted octanol–water partition coefficient (Wildman–Crippen LogP) is 3.80. The van der Waals surface area contributed by atoms with Crippen molar-refractivity contribution in [1.82, 2.24) is 5.43 Å². The van der Waals surface area contributed by atoms with Crippen LogP contribution in [0, 0.1) is 0 Å². The van der Waals surface area contributed by atoms with Gasteiger partial charge < -0.3 is 5.32 Å². The summed E-state index contributed by atoms with van der Waals surface area (Å²) in [5, 5.41) is 9.17. The van der Waals surface area contributed by atoms with Gasteiger partial charge in [-0.05, 0) is 30.3 Å². The third-order valence-corrected chi connectivity index (χ3v) is 5.39. The highest BCUT2D eigenvalue weighted by molar-refractivity contribution is 8.16. The number of rotatable bonds is 1. The largest absolute Gasteiger partial charge is 0.323 e. The second-order valence-electron chi connectivity index (χ2n) is 4.96. The summed E-state index contributed by atoms with van der Waals surface area (Å²) < 4.78 is 0. The second kappa shape index (κ2) is 4.91. The number of benzene rings is 2. The quantitative estimate of drug-likeness (QED) is 0.823. The van der Waals surface area contributed by atoms with Gasteiger partial charge in [-0.1, -0.05) is 47.1 Å². The Labute approximate surface area is 140 Å². The molecule has 2 N–H and O–H groups in total. The Balaban J connectivity index is 1.73. The van der Waals surface area contributed by atoms with Crippen molar-refractivity contribution < 1.29 is 4.79 Å². The van der Waals surface area contributed by atoms with Crippen LogP contribution in [0.25, 0.3) is 0 Å². The molecule has 0 aromatic heterocycles. The number of anilines is 1. The molecule has 1 atom stereocenters. The molecule has 2 aliphatic heterocycles. The number of hydrogen-bond donors (Lipinski definition) is 2. The maximum Gasteiger partial charge on any atom is 0.267 e. The first-order valence-electron chi connectivity index (χ1n) is 6.50. The zero-order chi connectivity index (χ0) is 15.3. The maximum atomic E-state index is 12.5. The summed E-state index contributed by atoms with van der Waals surface area (Å²) in [6.45, 7) is 0. The molecule has 0 fully saturated rings. The van der Waals surface area contributed by atoms with Crippen molar-refractivity contribution in [3.8, 4) is 0 Å². The van der Waals surface area contributed by atoms with E-state index in [-0.39, 0.29) is 5.91 Å². The van der Waals surface area contributed by atoms with Gasteiger partial charge in [-0.2, -0.15) is 5.10 Å². The first kappa shape index (κ1) is 13.9. The number of halogens is 2. The van der Waals surface area contributed by atoms with E-state index in [2.05, 4.69) is 15.8 Å². The maximum absolute atomic E-state index is 12.5. The lowest BCUT2D eigenvalue weighted by Gasteiger charge is -2.19. The average Bonchev–Trinajstić information content (AvgIpc) is 3.06. The van der Waals surface area contributed by atoms with Crippen molar-refractivity contribution in [1.29, 1.82) is 0 Å². The zero-order valence-electron chi connectivity index (χ0n) is 11.1. The Morgan fingerprint density at radius 1 is 1.05 bits per heavy atom. The van der Waals surface area contributed by atoms with Crippen molar-refractivity contribution >= 4 is 51.6 Å². The van der Waals surface area contributed by atoms with E-state index < -0.39 is 4.87 Å². The molecule has 7 heteroatoms. The lowest BCUT2D eigenvalue weighted by molar-refractivity contribution is -0.118. The molecule has 22 heavy (non-hydrogen) atoms. The number of carbonyl (C=O) groups is 1. The highest BCUT2D eigenvalue weighted by Gasteiger charge is 2.52. The summed E-state index contributed by atoms with van der Waals surface area (Å²) in [5.74, 6) is -0.150. The molecule has 2 heterocycles. The van der Waals surface area contributed by atoms with Crippen LogP contribution >= 0.6 is 35.0 Å². The summed E-state index contributed by atoms with van der Waals surface area (Å²) in [4.78, 5) is 11.5. The summed E-state index contributed by atoms with van der Waals surface area (Å²) >= 11 is 13.3. The second-order valence-corrected chi connectivity index (χ2v) is 7.04. The lowest BCUT2D eigenvalue weighted by Crippen LogP contribution is -2.39. The van der Waals surface area contributed by atoms with Gasteiger partial charge in [0.1, 0.15) is 5.04 Å². The smallest absolute Gasteiger partial charge is 0.267 e. The van der Waals surface area contributed by atoms with Crippen LogP contribution < -0.4 is 10.7 Å². The van der Waals surface area contributed by atoms with Crippen molar-refractivity contribution in [2.45, 2.75) is 4.87 Å². The molecule has 2 aliphatic rings.